The minimum atomic E-state index is -0.189. The van der Waals surface area contributed by atoms with Gasteiger partial charge < -0.3 is 10.5 Å². The molecule has 7 heteroatoms. The molecule has 86 valence electrons. The first-order chi connectivity index (χ1) is 7.63. The van der Waals surface area contributed by atoms with Crippen molar-refractivity contribution in [1.29, 1.82) is 0 Å². The van der Waals surface area contributed by atoms with E-state index in [2.05, 4.69) is 31.0 Å². The number of nitrogens with two attached hydrogens (primary N) is 1. The molecule has 0 aliphatic carbocycles. The van der Waals surface area contributed by atoms with Crippen LogP contribution in [0.25, 0.3) is 5.65 Å². The van der Waals surface area contributed by atoms with Gasteiger partial charge in [0.15, 0.2) is 17.3 Å². The summed E-state index contributed by atoms with van der Waals surface area (Å²) in [6.45, 7) is 4.41. The molecule has 0 radical (unpaired) electrons. The zero-order valence-electron chi connectivity index (χ0n) is 9.01. The molecular formula is C9H12BrN5O. The molecule has 2 aromatic rings. The van der Waals surface area contributed by atoms with Crippen LogP contribution in [0.4, 0.5) is 5.82 Å². The summed E-state index contributed by atoms with van der Waals surface area (Å²) in [5, 5.41) is 4.31. The lowest BCUT2D eigenvalue weighted by Gasteiger charge is -2.10. The summed E-state index contributed by atoms with van der Waals surface area (Å²) in [6, 6.07) is 0. The molecule has 0 saturated carbocycles. The van der Waals surface area contributed by atoms with Crippen molar-refractivity contribution in [3.05, 3.63) is 16.6 Å². The Morgan fingerprint density at radius 3 is 3.06 bits per heavy atom. The van der Waals surface area contributed by atoms with E-state index in [1.807, 2.05) is 13.8 Å². The predicted molar refractivity (Wildman–Crippen MR) is 62.9 cm³/mol. The van der Waals surface area contributed by atoms with Crippen LogP contribution in [0.15, 0.2) is 10.8 Å². The summed E-state index contributed by atoms with van der Waals surface area (Å²) in [4.78, 5) is 8.26. The highest BCUT2D eigenvalue weighted by atomic mass is 79.9. The molecule has 0 aromatic carbocycles. The first-order valence-electron chi connectivity index (χ1n) is 4.91. The molecule has 16 heavy (non-hydrogen) atoms. The van der Waals surface area contributed by atoms with Crippen molar-refractivity contribution < 1.29 is 4.74 Å². The number of fused-ring (bicyclic) bond motifs is 1. The number of anilines is 1. The number of imidazole rings is 1. The summed E-state index contributed by atoms with van der Waals surface area (Å²) in [7, 11) is 0. The van der Waals surface area contributed by atoms with Crippen molar-refractivity contribution in [1.82, 2.24) is 19.6 Å². The number of rotatable bonds is 3. The lowest BCUT2D eigenvalue weighted by atomic mass is 10.4. The van der Waals surface area contributed by atoms with Crippen LogP contribution in [0.2, 0.25) is 0 Å². The Hall–Kier alpha value is -1.21. The molecule has 0 saturated heterocycles. The van der Waals surface area contributed by atoms with Gasteiger partial charge in [0.05, 0.1) is 6.20 Å². The highest BCUT2D eigenvalue weighted by molar-refractivity contribution is 9.10. The molecule has 0 aliphatic heterocycles. The Balaban J connectivity index is 2.51. The van der Waals surface area contributed by atoms with Crippen LogP contribution in [0.5, 0.6) is 0 Å². The summed E-state index contributed by atoms with van der Waals surface area (Å²) < 4.78 is 7.76. The highest BCUT2D eigenvalue weighted by Crippen LogP contribution is 2.19. The smallest absolute Gasteiger partial charge is 0.197 e. The number of hydrogen-bond acceptors (Lipinski definition) is 5. The van der Waals surface area contributed by atoms with Gasteiger partial charge in [-0.3, -0.25) is 0 Å². The van der Waals surface area contributed by atoms with E-state index in [0.717, 1.165) is 4.60 Å². The first kappa shape index (κ1) is 11.3. The second kappa shape index (κ2) is 4.34. The molecule has 2 heterocycles. The van der Waals surface area contributed by atoms with Gasteiger partial charge >= 0.3 is 0 Å². The molecule has 2 aromatic heterocycles. The number of halogens is 1. The maximum absolute atomic E-state index is 5.79. The maximum Gasteiger partial charge on any atom is 0.197 e. The zero-order valence-corrected chi connectivity index (χ0v) is 10.6. The number of aromatic nitrogens is 4. The topological polar surface area (TPSA) is 78.3 Å². The van der Waals surface area contributed by atoms with Crippen LogP contribution in [-0.2, 0) is 4.74 Å². The molecule has 1 atom stereocenters. The van der Waals surface area contributed by atoms with Crippen LogP contribution in [-0.4, -0.2) is 26.2 Å². The second-order valence-electron chi connectivity index (χ2n) is 3.27. The minimum Gasteiger partial charge on any atom is -0.380 e. The third-order valence-electron chi connectivity index (χ3n) is 2.14. The van der Waals surface area contributed by atoms with Crippen LogP contribution < -0.4 is 5.73 Å². The number of hydrogen-bond donors (Lipinski definition) is 1. The average molecular weight is 286 g/mol. The SMILES string of the molecule is CCOC(C)c1nc(N)c2ncc(Br)n2n1. The molecule has 0 fully saturated rings. The van der Waals surface area contributed by atoms with Crippen molar-refractivity contribution in [3.8, 4) is 0 Å². The van der Waals surface area contributed by atoms with Gasteiger partial charge in [0.25, 0.3) is 0 Å². The highest BCUT2D eigenvalue weighted by Gasteiger charge is 2.14. The molecule has 0 bridgehead atoms. The molecule has 2 N–H and O–H groups in total. The Bertz CT molecular complexity index is 512. The van der Waals surface area contributed by atoms with E-state index in [4.69, 9.17) is 10.5 Å². The van der Waals surface area contributed by atoms with Gasteiger partial charge in [0, 0.05) is 6.61 Å². The van der Waals surface area contributed by atoms with Gasteiger partial charge in [-0.2, -0.15) is 0 Å². The maximum atomic E-state index is 5.79. The third kappa shape index (κ3) is 1.88. The number of nitrogen functional groups attached to an aromatic ring is 1. The van der Waals surface area contributed by atoms with Crippen molar-refractivity contribution in [2.24, 2.45) is 0 Å². The van der Waals surface area contributed by atoms with Gasteiger partial charge in [0.1, 0.15) is 10.7 Å². The zero-order chi connectivity index (χ0) is 11.7. The molecule has 0 amide bonds. The number of ether oxygens (including phenoxy) is 1. The van der Waals surface area contributed by atoms with Gasteiger partial charge in [-0.25, -0.2) is 14.5 Å². The van der Waals surface area contributed by atoms with E-state index in [1.54, 1.807) is 10.7 Å². The lowest BCUT2D eigenvalue weighted by molar-refractivity contribution is 0.0692. The van der Waals surface area contributed by atoms with E-state index >= 15 is 0 Å². The van der Waals surface area contributed by atoms with E-state index < -0.39 is 0 Å². The van der Waals surface area contributed by atoms with Crippen LogP contribution in [0.3, 0.4) is 0 Å². The Morgan fingerprint density at radius 2 is 2.38 bits per heavy atom. The van der Waals surface area contributed by atoms with Gasteiger partial charge in [0.2, 0.25) is 0 Å². The summed E-state index contributed by atoms with van der Waals surface area (Å²) in [5.74, 6) is 0.896. The van der Waals surface area contributed by atoms with Crippen molar-refractivity contribution >= 4 is 27.4 Å². The quantitative estimate of drug-likeness (QED) is 0.926. The largest absolute Gasteiger partial charge is 0.380 e. The van der Waals surface area contributed by atoms with Crippen molar-refractivity contribution in [3.63, 3.8) is 0 Å². The standard InChI is InChI=1S/C9H12BrN5O/c1-3-16-5(2)8-13-7(11)9-12-4-6(10)15(9)14-8/h4-5H,3H2,1-2H3,(H2,11,13,14). The Labute approximate surface area is 101 Å². The van der Waals surface area contributed by atoms with Gasteiger partial charge in [-0.15, -0.1) is 5.10 Å². The number of nitrogens with zero attached hydrogens (tertiary/aromatic N) is 4. The fraction of sp³-hybridized carbons (Fsp3) is 0.444. The first-order valence-corrected chi connectivity index (χ1v) is 5.71. The Morgan fingerprint density at radius 1 is 1.62 bits per heavy atom. The summed E-state index contributed by atoms with van der Waals surface area (Å²) >= 11 is 3.34. The minimum absolute atomic E-state index is 0.189. The molecule has 0 spiro atoms. The van der Waals surface area contributed by atoms with E-state index in [9.17, 15) is 0 Å². The van der Waals surface area contributed by atoms with E-state index in [-0.39, 0.29) is 6.10 Å². The fourth-order valence-corrected chi connectivity index (χ4v) is 1.74. The normalized spacial score (nSPS) is 13.2. The third-order valence-corrected chi connectivity index (χ3v) is 2.68. The van der Waals surface area contributed by atoms with E-state index in [1.165, 1.54) is 0 Å². The van der Waals surface area contributed by atoms with Gasteiger partial charge in [-0.1, -0.05) is 0 Å². The monoisotopic (exact) mass is 285 g/mol. The summed E-state index contributed by atoms with van der Waals surface area (Å²) in [6.07, 6.45) is 1.45. The van der Waals surface area contributed by atoms with Crippen LogP contribution in [0, 0.1) is 0 Å². The second-order valence-corrected chi connectivity index (χ2v) is 4.08. The summed E-state index contributed by atoms with van der Waals surface area (Å²) in [5.41, 5.74) is 6.33. The molecule has 1 unspecified atom stereocenters. The van der Waals surface area contributed by atoms with Crippen molar-refractivity contribution in [2.45, 2.75) is 20.0 Å². The lowest BCUT2D eigenvalue weighted by Crippen LogP contribution is -2.11. The van der Waals surface area contributed by atoms with Crippen molar-refractivity contribution in [2.75, 3.05) is 12.3 Å². The predicted octanol–water partition coefficient (Wildman–Crippen LogP) is 1.57. The van der Waals surface area contributed by atoms with Crippen LogP contribution >= 0.6 is 15.9 Å². The molecule has 0 aliphatic rings. The molecule has 6 nitrogen and oxygen atoms in total. The fourth-order valence-electron chi connectivity index (χ4n) is 1.39. The van der Waals surface area contributed by atoms with E-state index in [0.29, 0.717) is 23.9 Å². The van der Waals surface area contributed by atoms with Crippen LogP contribution in [0.1, 0.15) is 25.8 Å². The Kier molecular flexibility index (Phi) is 3.06. The molecular weight excluding hydrogens is 274 g/mol. The average Bonchev–Trinajstić information content (AvgIpc) is 2.61. The van der Waals surface area contributed by atoms with Gasteiger partial charge in [-0.05, 0) is 29.8 Å². The molecule has 2 rings (SSSR count).